The zero-order valence-electron chi connectivity index (χ0n) is 15.7. The van der Waals surface area contributed by atoms with E-state index >= 15 is 0 Å². The summed E-state index contributed by atoms with van der Waals surface area (Å²) in [7, 11) is 5.80. The predicted molar refractivity (Wildman–Crippen MR) is 103 cm³/mol. The fraction of sp³-hybridized carbons (Fsp3) is 0.368. The second-order valence-corrected chi connectivity index (χ2v) is 6.80. The lowest BCUT2D eigenvalue weighted by atomic mass is 10.2. The Kier molecular flexibility index (Phi) is 5.11. The van der Waals surface area contributed by atoms with Crippen LogP contribution in [0.15, 0.2) is 30.5 Å². The molecule has 0 saturated heterocycles. The van der Waals surface area contributed by atoms with Crippen LogP contribution < -0.4 is 15.5 Å². The highest BCUT2D eigenvalue weighted by Crippen LogP contribution is 2.40. The standard InChI is InChI=1S/C19H25N5O2/c1-13-12-23(4)18-17(13)24(16(25)11-20-9-10-22(2)3)15-8-6-5-7-14(15)21-19(18)26/h5-8,12,20H,9-11H2,1-4H3,(H,21,26). The number of fused-ring (bicyclic) bond motifs is 2. The molecule has 7 heteroatoms. The van der Waals surface area contributed by atoms with Gasteiger partial charge >= 0.3 is 0 Å². The number of rotatable bonds is 5. The van der Waals surface area contributed by atoms with Gasteiger partial charge in [-0.3, -0.25) is 14.5 Å². The molecule has 0 unspecified atom stereocenters. The molecule has 1 aliphatic heterocycles. The number of hydrogen-bond acceptors (Lipinski definition) is 4. The van der Waals surface area contributed by atoms with Gasteiger partial charge in [-0.25, -0.2) is 0 Å². The third-order valence-electron chi connectivity index (χ3n) is 4.43. The Hall–Kier alpha value is -2.64. The Labute approximate surface area is 153 Å². The molecule has 0 fully saturated rings. The number of anilines is 3. The Balaban J connectivity index is 1.99. The number of benzene rings is 1. The Morgan fingerprint density at radius 2 is 2.00 bits per heavy atom. The number of likely N-dealkylation sites (N-methyl/N-ethyl adjacent to an activating group) is 1. The van der Waals surface area contributed by atoms with Crippen LogP contribution in [-0.2, 0) is 11.8 Å². The topological polar surface area (TPSA) is 69.6 Å². The number of hydrogen-bond donors (Lipinski definition) is 2. The van der Waals surface area contributed by atoms with Crippen molar-refractivity contribution >= 4 is 28.9 Å². The van der Waals surface area contributed by atoms with Crippen molar-refractivity contribution in [3.05, 3.63) is 41.7 Å². The molecule has 26 heavy (non-hydrogen) atoms. The maximum absolute atomic E-state index is 13.1. The number of aromatic nitrogens is 1. The van der Waals surface area contributed by atoms with Gasteiger partial charge in [0, 0.05) is 26.3 Å². The molecule has 7 nitrogen and oxygen atoms in total. The molecule has 1 aromatic carbocycles. The molecule has 0 atom stereocenters. The van der Waals surface area contributed by atoms with Gasteiger partial charge in [0.05, 0.1) is 23.6 Å². The van der Waals surface area contributed by atoms with Crippen LogP contribution in [0.5, 0.6) is 0 Å². The number of nitrogens with one attached hydrogen (secondary N) is 2. The van der Waals surface area contributed by atoms with Crippen LogP contribution in [0.4, 0.5) is 17.1 Å². The quantitative estimate of drug-likeness (QED) is 0.801. The SMILES string of the molecule is Cc1cn(C)c2c1N(C(=O)CNCCN(C)C)c1ccccc1NC2=O. The van der Waals surface area contributed by atoms with E-state index in [1.807, 2.05) is 58.5 Å². The first-order valence-electron chi connectivity index (χ1n) is 8.65. The molecule has 2 aromatic rings. The van der Waals surface area contributed by atoms with Crippen molar-refractivity contribution in [3.8, 4) is 0 Å². The molecule has 1 aromatic heterocycles. The van der Waals surface area contributed by atoms with E-state index in [2.05, 4.69) is 15.5 Å². The normalized spacial score (nSPS) is 13.3. The number of aryl methyl sites for hydroxylation is 2. The van der Waals surface area contributed by atoms with Crippen molar-refractivity contribution in [3.63, 3.8) is 0 Å². The average molecular weight is 355 g/mol. The van der Waals surface area contributed by atoms with Crippen LogP contribution in [0, 0.1) is 6.92 Å². The van der Waals surface area contributed by atoms with Crippen molar-refractivity contribution < 1.29 is 9.59 Å². The van der Waals surface area contributed by atoms with E-state index in [1.54, 1.807) is 9.47 Å². The van der Waals surface area contributed by atoms with Gasteiger partial charge in [0.1, 0.15) is 5.69 Å². The van der Waals surface area contributed by atoms with Gasteiger partial charge in [-0.05, 0) is 38.7 Å². The van der Waals surface area contributed by atoms with E-state index in [9.17, 15) is 9.59 Å². The van der Waals surface area contributed by atoms with Gasteiger partial charge in [0.2, 0.25) is 5.91 Å². The van der Waals surface area contributed by atoms with Crippen LogP contribution in [0.3, 0.4) is 0 Å². The smallest absolute Gasteiger partial charge is 0.274 e. The highest BCUT2D eigenvalue weighted by molar-refractivity contribution is 6.18. The Morgan fingerprint density at radius 3 is 2.73 bits per heavy atom. The summed E-state index contributed by atoms with van der Waals surface area (Å²) >= 11 is 0. The molecule has 0 spiro atoms. The number of amides is 2. The van der Waals surface area contributed by atoms with Crippen molar-refractivity contribution in [1.82, 2.24) is 14.8 Å². The summed E-state index contributed by atoms with van der Waals surface area (Å²) in [5, 5.41) is 6.11. The first-order chi connectivity index (χ1) is 12.4. The predicted octanol–water partition coefficient (Wildman–Crippen LogP) is 1.72. The molecule has 0 bridgehead atoms. The minimum atomic E-state index is -0.209. The van der Waals surface area contributed by atoms with Crippen molar-refractivity contribution in [2.45, 2.75) is 6.92 Å². The molecule has 2 amide bonds. The largest absolute Gasteiger partial charge is 0.345 e. The minimum absolute atomic E-state index is 0.0942. The number of carbonyl (C=O) groups excluding carboxylic acids is 2. The molecule has 3 rings (SSSR count). The Bertz CT molecular complexity index is 840. The van der Waals surface area contributed by atoms with Gasteiger partial charge in [0.15, 0.2) is 0 Å². The third-order valence-corrected chi connectivity index (χ3v) is 4.43. The summed E-state index contributed by atoms with van der Waals surface area (Å²) in [6.45, 7) is 3.68. The summed E-state index contributed by atoms with van der Waals surface area (Å²) in [6.07, 6.45) is 1.87. The van der Waals surface area contributed by atoms with Gasteiger partial charge in [0.25, 0.3) is 5.91 Å². The summed E-state index contributed by atoms with van der Waals surface area (Å²) < 4.78 is 1.77. The number of nitrogens with zero attached hydrogens (tertiary/aromatic N) is 3. The lowest BCUT2D eigenvalue weighted by molar-refractivity contribution is -0.117. The molecule has 0 saturated carbocycles. The van der Waals surface area contributed by atoms with Crippen LogP contribution in [0.1, 0.15) is 16.1 Å². The first-order valence-corrected chi connectivity index (χ1v) is 8.65. The minimum Gasteiger partial charge on any atom is -0.345 e. The monoisotopic (exact) mass is 355 g/mol. The maximum atomic E-state index is 13.1. The molecule has 0 aliphatic carbocycles. The zero-order valence-corrected chi connectivity index (χ0v) is 15.7. The highest BCUT2D eigenvalue weighted by atomic mass is 16.2. The lowest BCUT2D eigenvalue weighted by Crippen LogP contribution is -2.38. The first kappa shape index (κ1) is 18.2. The van der Waals surface area contributed by atoms with E-state index in [-0.39, 0.29) is 18.4 Å². The van der Waals surface area contributed by atoms with Crippen LogP contribution in [0.25, 0.3) is 0 Å². The fourth-order valence-electron chi connectivity index (χ4n) is 3.23. The average Bonchev–Trinajstić information content (AvgIpc) is 2.79. The van der Waals surface area contributed by atoms with E-state index in [0.717, 1.165) is 12.1 Å². The summed E-state index contributed by atoms with van der Waals surface area (Å²) in [5.41, 5.74) is 3.34. The highest BCUT2D eigenvalue weighted by Gasteiger charge is 2.32. The molecule has 2 heterocycles. The lowest BCUT2D eigenvalue weighted by Gasteiger charge is -2.24. The van der Waals surface area contributed by atoms with Gasteiger partial charge in [-0.1, -0.05) is 12.1 Å². The zero-order chi connectivity index (χ0) is 18.8. The van der Waals surface area contributed by atoms with E-state index in [4.69, 9.17) is 0 Å². The van der Waals surface area contributed by atoms with Crippen LogP contribution in [-0.4, -0.2) is 55.0 Å². The van der Waals surface area contributed by atoms with Gasteiger partial charge in [-0.2, -0.15) is 0 Å². The van der Waals surface area contributed by atoms with Crippen molar-refractivity contribution in [2.24, 2.45) is 7.05 Å². The third kappa shape index (κ3) is 3.36. The van der Waals surface area contributed by atoms with E-state index < -0.39 is 0 Å². The molecular formula is C19H25N5O2. The molecule has 0 radical (unpaired) electrons. The number of carbonyl (C=O) groups is 2. The second-order valence-electron chi connectivity index (χ2n) is 6.80. The molecule has 1 aliphatic rings. The summed E-state index contributed by atoms with van der Waals surface area (Å²) in [5.74, 6) is -0.304. The Morgan fingerprint density at radius 1 is 1.27 bits per heavy atom. The van der Waals surface area contributed by atoms with Gasteiger partial charge in [-0.15, -0.1) is 0 Å². The van der Waals surface area contributed by atoms with Crippen LogP contribution in [0.2, 0.25) is 0 Å². The van der Waals surface area contributed by atoms with Gasteiger partial charge < -0.3 is 20.1 Å². The van der Waals surface area contributed by atoms with E-state index in [0.29, 0.717) is 29.3 Å². The van der Waals surface area contributed by atoms with Crippen LogP contribution >= 0.6 is 0 Å². The number of para-hydroxylation sites is 2. The summed E-state index contributed by atoms with van der Waals surface area (Å²) in [6, 6.07) is 7.39. The fourth-order valence-corrected chi connectivity index (χ4v) is 3.23. The molecule has 138 valence electrons. The molecular weight excluding hydrogens is 330 g/mol. The molecule has 2 N–H and O–H groups in total. The van der Waals surface area contributed by atoms with Crippen molar-refractivity contribution in [2.75, 3.05) is 43.9 Å². The second kappa shape index (κ2) is 7.31. The van der Waals surface area contributed by atoms with Crippen molar-refractivity contribution in [1.29, 1.82) is 0 Å². The van der Waals surface area contributed by atoms with E-state index in [1.165, 1.54) is 0 Å². The summed E-state index contributed by atoms with van der Waals surface area (Å²) in [4.78, 5) is 29.5. The maximum Gasteiger partial charge on any atom is 0.274 e.